The number of Topliss-reactive ketones (excluding diaryl/α,β-unsaturated/α-hetero) is 1. The summed E-state index contributed by atoms with van der Waals surface area (Å²) >= 11 is 0. The summed E-state index contributed by atoms with van der Waals surface area (Å²) < 4.78 is 11.6. The number of rotatable bonds is 4. The monoisotopic (exact) mass is 475 g/mol. The van der Waals surface area contributed by atoms with Crippen LogP contribution in [0.3, 0.4) is 0 Å². The maximum atomic E-state index is 13.8. The largest absolute Gasteiger partial charge is 0.464 e. The lowest BCUT2D eigenvalue weighted by atomic mass is 9.46. The van der Waals surface area contributed by atoms with E-state index >= 15 is 0 Å². The third-order valence-corrected chi connectivity index (χ3v) is 8.65. The van der Waals surface area contributed by atoms with Gasteiger partial charge in [-0.15, -0.1) is 0 Å². The van der Waals surface area contributed by atoms with E-state index in [1.165, 1.54) is 6.08 Å². The smallest absolute Gasteiger partial charge is 0.331 e. The Hall–Kier alpha value is -3.35. The number of nitrogens with zero attached hydrogens (tertiary/aromatic N) is 1. The molecule has 2 saturated carbocycles. The standard InChI is InChI=1S/C28H29NO6/c1-17-19-8-9-20-27(12-5-11-26(2,3)21(27)15-30)16-34-25(33)28(20,23(17)32)24(19)35-22(31)10-7-18-6-4-13-29-14-18/h4-7,10,12-15,19-21,24H,1,8-9,11,16H2,2-3H3/b10-7+/t19-,20-,21+,24+,27+,28-/m0/s1. The minimum absolute atomic E-state index is 0.0214. The van der Waals surface area contributed by atoms with Crippen molar-refractivity contribution < 1.29 is 28.7 Å². The number of ether oxygens (including phenoxy) is 2. The molecule has 0 N–H and O–H groups in total. The van der Waals surface area contributed by atoms with Gasteiger partial charge >= 0.3 is 11.9 Å². The van der Waals surface area contributed by atoms with E-state index in [0.717, 1.165) is 6.29 Å². The van der Waals surface area contributed by atoms with E-state index in [1.807, 2.05) is 26.0 Å². The van der Waals surface area contributed by atoms with E-state index in [9.17, 15) is 19.2 Å². The number of cyclic esters (lactones) is 1. The molecule has 7 heteroatoms. The maximum absolute atomic E-state index is 13.8. The predicted octanol–water partition coefficient (Wildman–Crippen LogP) is 3.50. The summed E-state index contributed by atoms with van der Waals surface area (Å²) in [6.07, 6.45) is 11.7. The molecule has 7 nitrogen and oxygen atoms in total. The lowest BCUT2D eigenvalue weighted by Gasteiger charge is -2.58. The average Bonchev–Trinajstić information content (AvgIpc) is 2.95. The number of allylic oxidation sites excluding steroid dienone is 1. The quantitative estimate of drug-likeness (QED) is 0.216. The fourth-order valence-electron chi connectivity index (χ4n) is 7.07. The van der Waals surface area contributed by atoms with Crippen molar-refractivity contribution in [3.05, 3.63) is 60.5 Å². The summed E-state index contributed by atoms with van der Waals surface area (Å²) in [5.41, 5.74) is -1.92. The molecule has 6 atom stereocenters. The van der Waals surface area contributed by atoms with Crippen molar-refractivity contribution in [1.82, 2.24) is 4.98 Å². The highest BCUT2D eigenvalue weighted by Crippen LogP contribution is 2.67. The zero-order chi connectivity index (χ0) is 25.0. The van der Waals surface area contributed by atoms with Crippen molar-refractivity contribution in [2.24, 2.45) is 34.0 Å². The Morgan fingerprint density at radius 1 is 1.29 bits per heavy atom. The normalized spacial score (nSPS) is 37.3. The van der Waals surface area contributed by atoms with Gasteiger partial charge in [0.2, 0.25) is 0 Å². The van der Waals surface area contributed by atoms with Gasteiger partial charge in [-0.25, -0.2) is 4.79 Å². The van der Waals surface area contributed by atoms with Crippen LogP contribution >= 0.6 is 0 Å². The molecule has 3 aliphatic carbocycles. The number of aldehydes is 1. The van der Waals surface area contributed by atoms with E-state index in [0.29, 0.717) is 24.8 Å². The first-order chi connectivity index (χ1) is 16.7. The van der Waals surface area contributed by atoms with Crippen molar-refractivity contribution in [3.63, 3.8) is 0 Å². The number of pyridine rings is 1. The van der Waals surface area contributed by atoms with Gasteiger partial charge < -0.3 is 14.3 Å². The minimum atomic E-state index is -1.70. The SMILES string of the molecule is C=C1C(=O)[C@@]23C(=O)OC[C@]4(C=CCC(C)(C)[C@H]4C=O)[C@@H]2CC[C@@H]1[C@H]3OC(=O)/C=C/c1cccnc1. The summed E-state index contributed by atoms with van der Waals surface area (Å²) in [6.45, 7) is 8.04. The van der Waals surface area contributed by atoms with Crippen LogP contribution in [0.4, 0.5) is 0 Å². The van der Waals surface area contributed by atoms with E-state index in [1.54, 1.807) is 30.6 Å². The number of hydrogen-bond acceptors (Lipinski definition) is 7. The van der Waals surface area contributed by atoms with Gasteiger partial charge in [0.15, 0.2) is 11.2 Å². The van der Waals surface area contributed by atoms with Crippen molar-refractivity contribution >= 4 is 30.1 Å². The molecule has 0 amide bonds. The van der Waals surface area contributed by atoms with E-state index in [4.69, 9.17) is 9.47 Å². The van der Waals surface area contributed by atoms with Crippen LogP contribution in [-0.2, 0) is 28.7 Å². The van der Waals surface area contributed by atoms with Gasteiger partial charge in [-0.3, -0.25) is 14.6 Å². The first-order valence-corrected chi connectivity index (χ1v) is 12.0. The van der Waals surface area contributed by atoms with Gasteiger partial charge in [0, 0.05) is 35.7 Å². The number of hydrogen-bond donors (Lipinski definition) is 0. The Balaban J connectivity index is 1.56. The van der Waals surface area contributed by atoms with Gasteiger partial charge in [-0.05, 0) is 53.9 Å². The molecule has 0 aromatic carbocycles. The van der Waals surface area contributed by atoms with Gasteiger partial charge in [0.05, 0.1) is 0 Å². The second-order valence-corrected chi connectivity index (χ2v) is 10.8. The molecular formula is C28H29NO6. The highest BCUT2D eigenvalue weighted by atomic mass is 16.6. The predicted molar refractivity (Wildman–Crippen MR) is 126 cm³/mol. The molecule has 4 aliphatic rings. The molecule has 3 fully saturated rings. The van der Waals surface area contributed by atoms with E-state index in [-0.39, 0.29) is 17.6 Å². The molecule has 182 valence electrons. The van der Waals surface area contributed by atoms with Crippen molar-refractivity contribution in [2.45, 2.75) is 39.2 Å². The Morgan fingerprint density at radius 2 is 2.09 bits per heavy atom. The summed E-state index contributed by atoms with van der Waals surface area (Å²) in [6, 6.07) is 3.54. The summed E-state index contributed by atoms with van der Waals surface area (Å²) in [5.74, 6) is -3.24. The zero-order valence-corrected chi connectivity index (χ0v) is 19.9. The molecule has 2 heterocycles. The third kappa shape index (κ3) is 3.20. The van der Waals surface area contributed by atoms with Crippen LogP contribution in [0, 0.1) is 34.0 Å². The average molecular weight is 476 g/mol. The van der Waals surface area contributed by atoms with Gasteiger partial charge in [0.25, 0.3) is 0 Å². The van der Waals surface area contributed by atoms with Crippen molar-refractivity contribution in [1.29, 1.82) is 0 Å². The number of carbonyl (C=O) groups excluding carboxylic acids is 4. The first kappa shape index (κ1) is 23.4. The molecule has 1 aromatic heterocycles. The molecule has 0 radical (unpaired) electrons. The van der Waals surface area contributed by atoms with Gasteiger partial charge in [-0.2, -0.15) is 0 Å². The Kier molecular flexibility index (Phi) is 5.42. The van der Waals surface area contributed by atoms with Crippen LogP contribution in [0.25, 0.3) is 6.08 Å². The number of esters is 2. The Labute approximate surface area is 204 Å². The molecule has 2 spiro atoms. The summed E-state index contributed by atoms with van der Waals surface area (Å²) in [4.78, 5) is 56.6. The zero-order valence-electron chi connectivity index (χ0n) is 19.9. The second kappa shape index (κ2) is 8.11. The highest BCUT2D eigenvalue weighted by Gasteiger charge is 2.76. The van der Waals surface area contributed by atoms with Crippen molar-refractivity contribution in [2.75, 3.05) is 6.61 Å². The van der Waals surface area contributed by atoms with E-state index in [2.05, 4.69) is 11.6 Å². The van der Waals surface area contributed by atoms with Crippen LogP contribution in [-0.4, -0.2) is 41.7 Å². The fraction of sp³-hybridized carbons (Fsp3) is 0.464. The fourth-order valence-corrected chi connectivity index (χ4v) is 7.07. The third-order valence-electron chi connectivity index (χ3n) is 8.65. The summed E-state index contributed by atoms with van der Waals surface area (Å²) in [5, 5.41) is 0. The van der Waals surface area contributed by atoms with E-state index < -0.39 is 52.4 Å². The van der Waals surface area contributed by atoms with Crippen LogP contribution < -0.4 is 0 Å². The molecule has 0 unspecified atom stereocenters. The number of fused-ring (bicyclic) bond motifs is 2. The Bertz CT molecular complexity index is 1170. The minimum Gasteiger partial charge on any atom is -0.464 e. The molecule has 5 rings (SSSR count). The van der Waals surface area contributed by atoms with Crippen LogP contribution in [0.1, 0.15) is 38.7 Å². The molecule has 2 bridgehead atoms. The number of aromatic nitrogens is 1. The summed E-state index contributed by atoms with van der Waals surface area (Å²) in [7, 11) is 0. The molecular weight excluding hydrogens is 446 g/mol. The number of carbonyl (C=O) groups is 4. The van der Waals surface area contributed by atoms with Crippen molar-refractivity contribution in [3.8, 4) is 0 Å². The lowest BCUT2D eigenvalue weighted by molar-refractivity contribution is -0.215. The van der Waals surface area contributed by atoms with Crippen LogP contribution in [0.15, 0.2) is 54.9 Å². The lowest BCUT2D eigenvalue weighted by Crippen LogP contribution is -2.66. The molecule has 35 heavy (non-hydrogen) atoms. The van der Waals surface area contributed by atoms with Crippen LogP contribution in [0.2, 0.25) is 0 Å². The molecule has 1 aliphatic heterocycles. The second-order valence-electron chi connectivity index (χ2n) is 10.8. The highest BCUT2D eigenvalue weighted by molar-refractivity contribution is 6.16. The Morgan fingerprint density at radius 3 is 2.80 bits per heavy atom. The molecule has 1 saturated heterocycles. The van der Waals surface area contributed by atoms with Gasteiger partial charge in [0.1, 0.15) is 19.0 Å². The first-order valence-electron chi connectivity index (χ1n) is 12.0. The number of ketones is 1. The van der Waals surface area contributed by atoms with Gasteiger partial charge in [-0.1, -0.05) is 38.6 Å². The van der Waals surface area contributed by atoms with Crippen LogP contribution in [0.5, 0.6) is 0 Å². The topological polar surface area (TPSA) is 99.6 Å². The molecule has 1 aromatic rings. The maximum Gasteiger partial charge on any atom is 0.331 e.